The number of hydrogen-bond donors (Lipinski definition) is 0. The molecule has 2 aliphatic rings. The van der Waals surface area contributed by atoms with Crippen LogP contribution in [0.5, 0.6) is 0 Å². The first-order valence-corrected chi connectivity index (χ1v) is 5.04. The average molecular weight is 170 g/mol. The third kappa shape index (κ3) is 1.50. The van der Waals surface area contributed by atoms with E-state index < -0.39 is 0 Å². The summed E-state index contributed by atoms with van der Waals surface area (Å²) in [6.45, 7) is 5.34. The second kappa shape index (κ2) is 3.35. The van der Waals surface area contributed by atoms with Gasteiger partial charge in [0.15, 0.2) is 6.29 Å². The molecule has 12 heavy (non-hydrogen) atoms. The van der Waals surface area contributed by atoms with Gasteiger partial charge in [-0.15, -0.1) is 0 Å². The summed E-state index contributed by atoms with van der Waals surface area (Å²) in [6.07, 6.45) is 4.30. The molecule has 2 nitrogen and oxygen atoms in total. The summed E-state index contributed by atoms with van der Waals surface area (Å²) < 4.78 is 11.4. The first-order valence-electron chi connectivity index (χ1n) is 5.04. The second-order valence-corrected chi connectivity index (χ2v) is 4.30. The van der Waals surface area contributed by atoms with Crippen molar-refractivity contribution in [2.24, 2.45) is 11.8 Å². The highest BCUT2D eigenvalue weighted by molar-refractivity contribution is 4.81. The predicted octanol–water partition coefficient (Wildman–Crippen LogP) is 2.18. The van der Waals surface area contributed by atoms with Gasteiger partial charge >= 0.3 is 0 Å². The molecule has 0 aromatic rings. The van der Waals surface area contributed by atoms with E-state index in [2.05, 4.69) is 13.8 Å². The van der Waals surface area contributed by atoms with Crippen LogP contribution in [0.2, 0.25) is 0 Å². The molecule has 0 N–H and O–H groups in total. The van der Waals surface area contributed by atoms with Crippen LogP contribution in [0.25, 0.3) is 0 Å². The van der Waals surface area contributed by atoms with Crippen molar-refractivity contribution in [1.29, 1.82) is 0 Å². The number of hydrogen-bond acceptors (Lipinski definition) is 2. The maximum Gasteiger partial charge on any atom is 0.160 e. The van der Waals surface area contributed by atoms with Crippen molar-refractivity contribution in [3.05, 3.63) is 0 Å². The van der Waals surface area contributed by atoms with Crippen LogP contribution in [-0.2, 0) is 9.47 Å². The summed E-state index contributed by atoms with van der Waals surface area (Å²) in [5.74, 6) is 1.32. The third-order valence-electron chi connectivity index (χ3n) is 2.97. The summed E-state index contributed by atoms with van der Waals surface area (Å²) in [6, 6.07) is 0. The minimum atomic E-state index is 0.131. The van der Waals surface area contributed by atoms with Gasteiger partial charge in [-0.05, 0) is 25.2 Å². The zero-order chi connectivity index (χ0) is 8.55. The number of ether oxygens (including phenoxy) is 2. The fourth-order valence-electron chi connectivity index (χ4n) is 2.15. The lowest BCUT2D eigenvalue weighted by Crippen LogP contribution is -2.26. The van der Waals surface area contributed by atoms with Crippen molar-refractivity contribution in [3.63, 3.8) is 0 Å². The van der Waals surface area contributed by atoms with Gasteiger partial charge in [-0.1, -0.05) is 13.8 Å². The first-order chi connectivity index (χ1) is 5.77. The van der Waals surface area contributed by atoms with Gasteiger partial charge in [0.2, 0.25) is 0 Å². The van der Waals surface area contributed by atoms with E-state index in [0.717, 1.165) is 6.61 Å². The van der Waals surface area contributed by atoms with E-state index in [1.165, 1.54) is 19.3 Å². The standard InChI is InChI=1S/C10H18O2/c1-7(2)9-6-8-4-3-5-11-10(8)12-9/h7-10H,3-6H2,1-2H3. The summed E-state index contributed by atoms with van der Waals surface area (Å²) >= 11 is 0. The summed E-state index contributed by atoms with van der Waals surface area (Å²) in [4.78, 5) is 0. The molecule has 2 rings (SSSR count). The molecule has 2 heteroatoms. The Morgan fingerprint density at radius 1 is 1.33 bits per heavy atom. The van der Waals surface area contributed by atoms with E-state index in [1.54, 1.807) is 0 Å². The zero-order valence-corrected chi connectivity index (χ0v) is 7.95. The Labute approximate surface area is 74.2 Å². The molecule has 2 saturated heterocycles. The number of fused-ring (bicyclic) bond motifs is 1. The van der Waals surface area contributed by atoms with Crippen LogP contribution in [0.15, 0.2) is 0 Å². The van der Waals surface area contributed by atoms with Crippen LogP contribution < -0.4 is 0 Å². The van der Waals surface area contributed by atoms with Crippen LogP contribution in [0, 0.1) is 11.8 Å². The molecule has 0 aliphatic carbocycles. The van der Waals surface area contributed by atoms with E-state index in [0.29, 0.717) is 17.9 Å². The highest BCUT2D eigenvalue weighted by Crippen LogP contribution is 2.36. The average Bonchev–Trinajstić information content (AvgIpc) is 2.46. The van der Waals surface area contributed by atoms with Crippen molar-refractivity contribution < 1.29 is 9.47 Å². The summed E-state index contributed by atoms with van der Waals surface area (Å²) in [7, 11) is 0. The van der Waals surface area contributed by atoms with Crippen LogP contribution >= 0.6 is 0 Å². The Morgan fingerprint density at radius 3 is 2.83 bits per heavy atom. The normalized spacial score (nSPS) is 41.8. The van der Waals surface area contributed by atoms with Gasteiger partial charge in [-0.2, -0.15) is 0 Å². The molecule has 3 atom stereocenters. The lowest BCUT2D eigenvalue weighted by Gasteiger charge is -2.23. The minimum absolute atomic E-state index is 0.131. The molecule has 70 valence electrons. The van der Waals surface area contributed by atoms with Gasteiger partial charge < -0.3 is 9.47 Å². The maximum atomic E-state index is 5.80. The Bertz CT molecular complexity index is 142. The zero-order valence-electron chi connectivity index (χ0n) is 7.95. The van der Waals surface area contributed by atoms with E-state index in [9.17, 15) is 0 Å². The maximum absolute atomic E-state index is 5.80. The molecule has 0 aromatic heterocycles. The molecule has 0 amide bonds. The molecule has 2 fully saturated rings. The van der Waals surface area contributed by atoms with Gasteiger partial charge in [-0.25, -0.2) is 0 Å². The highest BCUT2D eigenvalue weighted by Gasteiger charge is 2.38. The van der Waals surface area contributed by atoms with Crippen molar-refractivity contribution in [2.75, 3.05) is 6.61 Å². The lowest BCUT2D eigenvalue weighted by atomic mass is 9.93. The van der Waals surface area contributed by atoms with E-state index in [4.69, 9.17) is 9.47 Å². The van der Waals surface area contributed by atoms with Gasteiger partial charge in [0.1, 0.15) is 0 Å². The smallest absolute Gasteiger partial charge is 0.160 e. The molecule has 0 saturated carbocycles. The van der Waals surface area contributed by atoms with Gasteiger partial charge in [0.05, 0.1) is 6.10 Å². The molecule has 0 bridgehead atoms. The second-order valence-electron chi connectivity index (χ2n) is 4.30. The molecule has 3 unspecified atom stereocenters. The van der Waals surface area contributed by atoms with E-state index in [1.807, 2.05) is 0 Å². The third-order valence-corrected chi connectivity index (χ3v) is 2.97. The molecule has 2 aliphatic heterocycles. The van der Waals surface area contributed by atoms with Crippen LogP contribution in [0.1, 0.15) is 33.1 Å². The SMILES string of the molecule is CC(C)C1CC2CCCOC2O1. The largest absolute Gasteiger partial charge is 0.352 e. The molecule has 0 aromatic carbocycles. The van der Waals surface area contributed by atoms with Crippen molar-refractivity contribution in [2.45, 2.75) is 45.5 Å². The summed E-state index contributed by atoms with van der Waals surface area (Å²) in [5, 5.41) is 0. The minimum Gasteiger partial charge on any atom is -0.352 e. The van der Waals surface area contributed by atoms with Crippen molar-refractivity contribution in [1.82, 2.24) is 0 Å². The Kier molecular flexibility index (Phi) is 2.37. The van der Waals surface area contributed by atoms with Crippen molar-refractivity contribution in [3.8, 4) is 0 Å². The summed E-state index contributed by atoms with van der Waals surface area (Å²) in [5.41, 5.74) is 0. The molecule has 2 heterocycles. The molecular formula is C10H18O2. The monoisotopic (exact) mass is 170 g/mol. The van der Waals surface area contributed by atoms with Crippen LogP contribution in [0.3, 0.4) is 0 Å². The van der Waals surface area contributed by atoms with Crippen LogP contribution in [-0.4, -0.2) is 19.0 Å². The van der Waals surface area contributed by atoms with Gasteiger partial charge in [0, 0.05) is 12.5 Å². The predicted molar refractivity (Wildman–Crippen MR) is 46.8 cm³/mol. The number of rotatable bonds is 1. The lowest BCUT2D eigenvalue weighted by molar-refractivity contribution is -0.171. The Morgan fingerprint density at radius 2 is 2.17 bits per heavy atom. The van der Waals surface area contributed by atoms with Crippen molar-refractivity contribution >= 4 is 0 Å². The molecule has 0 spiro atoms. The highest BCUT2D eigenvalue weighted by atomic mass is 16.7. The fourth-order valence-corrected chi connectivity index (χ4v) is 2.15. The Balaban J connectivity index is 1.94. The first kappa shape index (κ1) is 8.52. The molecule has 0 radical (unpaired) electrons. The van der Waals surface area contributed by atoms with Gasteiger partial charge in [-0.3, -0.25) is 0 Å². The quantitative estimate of drug-likeness (QED) is 0.600. The van der Waals surface area contributed by atoms with E-state index >= 15 is 0 Å². The Hall–Kier alpha value is -0.0800. The topological polar surface area (TPSA) is 18.5 Å². The fraction of sp³-hybridized carbons (Fsp3) is 1.00. The van der Waals surface area contributed by atoms with Crippen LogP contribution in [0.4, 0.5) is 0 Å². The van der Waals surface area contributed by atoms with Gasteiger partial charge in [0.25, 0.3) is 0 Å². The van der Waals surface area contributed by atoms with E-state index in [-0.39, 0.29) is 6.29 Å². The molecular weight excluding hydrogens is 152 g/mol.